The molecule has 0 N–H and O–H groups in total. The summed E-state index contributed by atoms with van der Waals surface area (Å²) >= 11 is 0. The summed E-state index contributed by atoms with van der Waals surface area (Å²) in [6, 6.07) is 16.4. The van der Waals surface area contributed by atoms with Crippen LogP contribution in [0.1, 0.15) is 5.56 Å². The lowest BCUT2D eigenvalue weighted by Gasteiger charge is -2.38. The van der Waals surface area contributed by atoms with Gasteiger partial charge in [-0.25, -0.2) is 0 Å². The molecule has 0 saturated carbocycles. The van der Waals surface area contributed by atoms with Gasteiger partial charge in [0.05, 0.1) is 23.8 Å². The average molecular weight is 364 g/mol. The van der Waals surface area contributed by atoms with Gasteiger partial charge < -0.3 is 14.5 Å². The van der Waals surface area contributed by atoms with Gasteiger partial charge in [0.15, 0.2) is 0 Å². The van der Waals surface area contributed by atoms with Gasteiger partial charge in [-0.2, -0.15) is 5.26 Å². The maximum Gasteiger partial charge on any atom is 0.269 e. The third-order valence-corrected chi connectivity index (χ3v) is 4.63. The standard InChI is InChI=1S/C20H20N4O3/c1-27-19-8-6-17(7-9-19)22-12-14-23(15-13-22)20(10-11-21)16-2-4-18(5-3-16)24(25)26/h2-10H,12-15H2,1H3. The number of anilines is 1. The van der Waals surface area contributed by atoms with Crippen molar-refractivity contribution in [3.63, 3.8) is 0 Å². The van der Waals surface area contributed by atoms with Crippen molar-refractivity contribution in [2.75, 3.05) is 38.2 Å². The summed E-state index contributed by atoms with van der Waals surface area (Å²) in [4.78, 5) is 14.8. The topological polar surface area (TPSA) is 82.6 Å². The molecule has 3 rings (SSSR count). The molecule has 7 heteroatoms. The fourth-order valence-electron chi connectivity index (χ4n) is 3.17. The molecule has 1 saturated heterocycles. The summed E-state index contributed by atoms with van der Waals surface area (Å²) < 4.78 is 5.20. The van der Waals surface area contributed by atoms with Gasteiger partial charge in [-0.3, -0.25) is 10.1 Å². The number of ether oxygens (including phenoxy) is 1. The molecule has 0 aromatic heterocycles. The zero-order valence-electron chi connectivity index (χ0n) is 15.0. The summed E-state index contributed by atoms with van der Waals surface area (Å²) in [7, 11) is 1.65. The molecule has 0 spiro atoms. The average Bonchev–Trinajstić information content (AvgIpc) is 2.72. The van der Waals surface area contributed by atoms with Crippen LogP contribution in [0.5, 0.6) is 5.75 Å². The van der Waals surface area contributed by atoms with Crippen molar-refractivity contribution in [3.8, 4) is 11.8 Å². The number of nitriles is 1. The van der Waals surface area contributed by atoms with E-state index in [1.165, 1.54) is 18.2 Å². The van der Waals surface area contributed by atoms with Gasteiger partial charge in [0.1, 0.15) is 5.75 Å². The molecule has 1 aliphatic heterocycles. The van der Waals surface area contributed by atoms with Crippen LogP contribution in [0.3, 0.4) is 0 Å². The number of non-ortho nitro benzene ring substituents is 1. The first-order valence-corrected chi connectivity index (χ1v) is 8.61. The van der Waals surface area contributed by atoms with Crippen LogP contribution in [0.2, 0.25) is 0 Å². The van der Waals surface area contributed by atoms with Crippen molar-refractivity contribution in [2.24, 2.45) is 0 Å². The number of nitro groups is 1. The Morgan fingerprint density at radius 2 is 1.74 bits per heavy atom. The Hall–Kier alpha value is -3.53. The third-order valence-electron chi connectivity index (χ3n) is 4.63. The molecule has 0 bridgehead atoms. The van der Waals surface area contributed by atoms with Gasteiger partial charge >= 0.3 is 0 Å². The van der Waals surface area contributed by atoms with Gasteiger partial charge in [-0.15, -0.1) is 0 Å². The molecular formula is C20H20N4O3. The maximum atomic E-state index is 10.8. The molecule has 2 aromatic rings. The Morgan fingerprint density at radius 1 is 1.11 bits per heavy atom. The van der Waals surface area contributed by atoms with E-state index in [1.54, 1.807) is 19.2 Å². The Morgan fingerprint density at radius 3 is 2.26 bits per heavy atom. The Balaban J connectivity index is 1.71. The lowest BCUT2D eigenvalue weighted by molar-refractivity contribution is -0.384. The molecule has 1 heterocycles. The highest BCUT2D eigenvalue weighted by Crippen LogP contribution is 2.26. The van der Waals surface area contributed by atoms with Crippen LogP contribution in [0, 0.1) is 21.4 Å². The number of piperazine rings is 1. The second-order valence-electron chi connectivity index (χ2n) is 6.13. The molecule has 0 atom stereocenters. The van der Waals surface area contributed by atoms with E-state index < -0.39 is 4.92 Å². The zero-order valence-corrected chi connectivity index (χ0v) is 15.0. The largest absolute Gasteiger partial charge is 0.497 e. The number of hydrogen-bond donors (Lipinski definition) is 0. The fraction of sp³-hybridized carbons (Fsp3) is 0.250. The van der Waals surface area contributed by atoms with Crippen molar-refractivity contribution in [1.29, 1.82) is 5.26 Å². The zero-order chi connectivity index (χ0) is 19.2. The smallest absolute Gasteiger partial charge is 0.269 e. The molecule has 0 aliphatic carbocycles. The second kappa shape index (κ2) is 8.23. The molecule has 27 heavy (non-hydrogen) atoms. The maximum absolute atomic E-state index is 10.8. The number of methoxy groups -OCH3 is 1. The van der Waals surface area contributed by atoms with Gasteiger partial charge in [0.25, 0.3) is 5.69 Å². The van der Waals surface area contributed by atoms with Crippen LogP contribution in [0.15, 0.2) is 54.6 Å². The molecular weight excluding hydrogens is 344 g/mol. The summed E-state index contributed by atoms with van der Waals surface area (Å²) in [6.45, 7) is 3.16. The second-order valence-corrected chi connectivity index (χ2v) is 6.13. The lowest BCUT2D eigenvalue weighted by Crippen LogP contribution is -2.45. The highest BCUT2D eigenvalue weighted by Gasteiger charge is 2.20. The highest BCUT2D eigenvalue weighted by molar-refractivity contribution is 5.67. The van der Waals surface area contributed by atoms with Crippen molar-refractivity contribution in [3.05, 3.63) is 70.3 Å². The van der Waals surface area contributed by atoms with E-state index in [9.17, 15) is 10.1 Å². The van der Waals surface area contributed by atoms with Gasteiger partial charge in [0.2, 0.25) is 0 Å². The van der Waals surface area contributed by atoms with E-state index in [-0.39, 0.29) is 5.69 Å². The van der Waals surface area contributed by atoms with Crippen LogP contribution >= 0.6 is 0 Å². The molecule has 7 nitrogen and oxygen atoms in total. The number of nitrogens with zero attached hydrogens (tertiary/aromatic N) is 4. The lowest BCUT2D eigenvalue weighted by atomic mass is 10.1. The molecule has 1 aliphatic rings. The van der Waals surface area contributed by atoms with Crippen LogP contribution in [0.25, 0.3) is 5.70 Å². The predicted molar refractivity (Wildman–Crippen MR) is 103 cm³/mol. The number of rotatable bonds is 5. The number of nitro benzene ring substituents is 1. The summed E-state index contributed by atoms with van der Waals surface area (Å²) in [5.74, 6) is 0.829. The van der Waals surface area contributed by atoms with Gasteiger partial charge in [0, 0.05) is 50.1 Å². The minimum absolute atomic E-state index is 0.0411. The first-order chi connectivity index (χ1) is 13.1. The van der Waals surface area contributed by atoms with Crippen molar-refractivity contribution < 1.29 is 9.66 Å². The Bertz CT molecular complexity index is 862. The predicted octanol–water partition coefficient (Wildman–Crippen LogP) is 3.29. The quantitative estimate of drug-likeness (QED) is 0.460. The fourth-order valence-corrected chi connectivity index (χ4v) is 3.17. The minimum atomic E-state index is -0.426. The Labute approximate surface area is 157 Å². The van der Waals surface area contributed by atoms with E-state index in [0.717, 1.165) is 48.9 Å². The van der Waals surface area contributed by atoms with Crippen LogP contribution in [0.4, 0.5) is 11.4 Å². The number of benzene rings is 2. The van der Waals surface area contributed by atoms with E-state index in [4.69, 9.17) is 10.00 Å². The van der Waals surface area contributed by atoms with Crippen LogP contribution < -0.4 is 9.64 Å². The first kappa shape index (κ1) is 18.3. The van der Waals surface area contributed by atoms with Gasteiger partial charge in [-0.05, 0) is 42.0 Å². The minimum Gasteiger partial charge on any atom is -0.497 e. The van der Waals surface area contributed by atoms with E-state index in [2.05, 4.69) is 15.9 Å². The van der Waals surface area contributed by atoms with Crippen LogP contribution in [-0.2, 0) is 0 Å². The van der Waals surface area contributed by atoms with Crippen molar-refractivity contribution in [1.82, 2.24) is 4.90 Å². The summed E-state index contributed by atoms with van der Waals surface area (Å²) in [5, 5.41) is 20.0. The molecule has 0 unspecified atom stereocenters. The normalized spacial score (nSPS) is 14.6. The monoisotopic (exact) mass is 364 g/mol. The molecule has 0 amide bonds. The first-order valence-electron chi connectivity index (χ1n) is 8.61. The number of allylic oxidation sites excluding steroid dienone is 1. The van der Waals surface area contributed by atoms with E-state index in [1.807, 2.05) is 24.3 Å². The summed E-state index contributed by atoms with van der Waals surface area (Å²) in [5.41, 5.74) is 2.78. The third kappa shape index (κ3) is 4.18. The molecule has 1 fully saturated rings. The SMILES string of the molecule is COc1ccc(N2CCN(C(=CC#N)c3ccc([N+](=O)[O-])cc3)CC2)cc1. The summed E-state index contributed by atoms with van der Waals surface area (Å²) in [6.07, 6.45) is 1.50. The number of hydrogen-bond acceptors (Lipinski definition) is 6. The van der Waals surface area contributed by atoms with Crippen molar-refractivity contribution in [2.45, 2.75) is 0 Å². The van der Waals surface area contributed by atoms with E-state index in [0.29, 0.717) is 0 Å². The molecule has 0 radical (unpaired) electrons. The molecule has 2 aromatic carbocycles. The highest BCUT2D eigenvalue weighted by atomic mass is 16.6. The molecule has 138 valence electrons. The Kier molecular flexibility index (Phi) is 5.57. The van der Waals surface area contributed by atoms with Gasteiger partial charge in [-0.1, -0.05) is 0 Å². The van der Waals surface area contributed by atoms with Crippen molar-refractivity contribution >= 4 is 17.1 Å². The van der Waals surface area contributed by atoms with E-state index >= 15 is 0 Å². The van der Waals surface area contributed by atoms with Crippen LogP contribution in [-0.4, -0.2) is 43.1 Å².